The smallest absolute Gasteiger partial charge is 0.356 e. The Balaban J connectivity index is 1.88. The molecule has 1 aromatic rings. The van der Waals surface area contributed by atoms with E-state index >= 15 is 0 Å². The van der Waals surface area contributed by atoms with E-state index < -0.39 is 11.9 Å². The van der Waals surface area contributed by atoms with Gasteiger partial charge in [-0.15, -0.1) is 0 Å². The second-order valence-corrected chi connectivity index (χ2v) is 5.87. The molecular weight excluding hydrogens is 283 g/mol. The molecule has 0 bridgehead atoms. The van der Waals surface area contributed by atoms with Gasteiger partial charge in [0.15, 0.2) is 5.69 Å². The van der Waals surface area contributed by atoms with Gasteiger partial charge in [0.1, 0.15) is 5.82 Å². The first-order chi connectivity index (χ1) is 9.95. The van der Waals surface area contributed by atoms with Crippen LogP contribution >= 0.6 is 0 Å². The van der Waals surface area contributed by atoms with E-state index in [1.165, 1.54) is 0 Å². The van der Waals surface area contributed by atoms with E-state index in [9.17, 15) is 13.2 Å². The van der Waals surface area contributed by atoms with Crippen LogP contribution in [0.3, 0.4) is 0 Å². The average Bonchev–Trinajstić information content (AvgIpc) is 3.31. The Bertz CT molecular complexity index is 497. The molecule has 1 aromatic heterocycles. The lowest BCUT2D eigenvalue weighted by molar-refractivity contribution is -0.141. The van der Waals surface area contributed by atoms with Crippen LogP contribution in [0.2, 0.25) is 0 Å². The van der Waals surface area contributed by atoms with E-state index in [0.29, 0.717) is 17.7 Å². The summed E-state index contributed by atoms with van der Waals surface area (Å²) in [6.07, 6.45) is 0.0512. The van der Waals surface area contributed by atoms with E-state index in [0.717, 1.165) is 44.8 Å². The Kier molecular flexibility index (Phi) is 3.64. The maximum atomic E-state index is 12.9. The highest BCUT2D eigenvalue weighted by Gasteiger charge is 2.35. The fraction of sp³-hybridized carbons (Fsp3) is 0.692. The zero-order chi connectivity index (χ0) is 15.0. The molecule has 3 rings (SSSR count). The third-order valence-corrected chi connectivity index (χ3v) is 3.81. The number of hydrogen-bond donors (Lipinski definition) is 2. The van der Waals surface area contributed by atoms with Gasteiger partial charge >= 0.3 is 6.18 Å². The summed E-state index contributed by atoms with van der Waals surface area (Å²) in [5, 5.41) is 0. The Labute approximate surface area is 120 Å². The molecule has 0 unspecified atom stereocenters. The highest BCUT2D eigenvalue weighted by Crippen LogP contribution is 2.37. The summed E-state index contributed by atoms with van der Waals surface area (Å²) in [6, 6.07) is 1.02. The normalized spacial score (nSPS) is 18.7. The standard InChI is InChI=1S/C13H18F3N5/c14-13(15,16)10-5-11(19-12(18-10)20-17)21(6-8-1-2-8)7-9-3-4-9/h5,8-9H,1-4,6-7,17H2,(H,18,19,20). The lowest BCUT2D eigenvalue weighted by Crippen LogP contribution is -2.30. The zero-order valence-electron chi connectivity index (χ0n) is 11.5. The minimum absolute atomic E-state index is 0.198. The summed E-state index contributed by atoms with van der Waals surface area (Å²) in [4.78, 5) is 9.45. The number of nitrogens with zero attached hydrogens (tertiary/aromatic N) is 3. The molecule has 2 saturated carbocycles. The van der Waals surface area contributed by atoms with Crippen molar-refractivity contribution in [2.45, 2.75) is 31.9 Å². The number of halogens is 3. The summed E-state index contributed by atoms with van der Waals surface area (Å²) in [5.74, 6) is 6.45. The van der Waals surface area contributed by atoms with Gasteiger partial charge in [-0.3, -0.25) is 5.43 Å². The summed E-state index contributed by atoms with van der Waals surface area (Å²) in [6.45, 7) is 1.52. The molecule has 2 aliphatic carbocycles. The predicted octanol–water partition coefficient (Wildman–Crippen LogP) is 2.41. The van der Waals surface area contributed by atoms with E-state index in [1.807, 2.05) is 4.90 Å². The second kappa shape index (κ2) is 5.32. The first kappa shape index (κ1) is 14.4. The van der Waals surface area contributed by atoms with Crippen molar-refractivity contribution in [3.8, 4) is 0 Å². The Morgan fingerprint density at radius 1 is 1.14 bits per heavy atom. The third-order valence-electron chi connectivity index (χ3n) is 3.81. The lowest BCUT2D eigenvalue weighted by Gasteiger charge is -2.24. The fourth-order valence-electron chi connectivity index (χ4n) is 2.29. The molecule has 0 saturated heterocycles. The molecule has 1 heterocycles. The molecule has 21 heavy (non-hydrogen) atoms. The SMILES string of the molecule is NNc1nc(N(CC2CC2)CC2CC2)cc(C(F)(F)F)n1. The Morgan fingerprint density at radius 3 is 2.14 bits per heavy atom. The van der Waals surface area contributed by atoms with Crippen LogP contribution in [0, 0.1) is 11.8 Å². The highest BCUT2D eigenvalue weighted by molar-refractivity contribution is 5.45. The van der Waals surface area contributed by atoms with Crippen LogP contribution in [0.1, 0.15) is 31.4 Å². The van der Waals surface area contributed by atoms with Gasteiger partial charge in [-0.25, -0.2) is 10.8 Å². The molecule has 0 atom stereocenters. The molecule has 0 spiro atoms. The van der Waals surface area contributed by atoms with Gasteiger partial charge in [0.25, 0.3) is 0 Å². The van der Waals surface area contributed by atoms with E-state index in [1.54, 1.807) is 0 Å². The van der Waals surface area contributed by atoms with E-state index in [4.69, 9.17) is 5.84 Å². The second-order valence-electron chi connectivity index (χ2n) is 5.87. The van der Waals surface area contributed by atoms with Crippen molar-refractivity contribution in [2.24, 2.45) is 17.7 Å². The fourth-order valence-corrected chi connectivity index (χ4v) is 2.29. The van der Waals surface area contributed by atoms with Crippen molar-refractivity contribution in [2.75, 3.05) is 23.4 Å². The molecule has 0 aliphatic heterocycles. The molecule has 0 amide bonds. The number of nitrogens with two attached hydrogens (primary N) is 1. The van der Waals surface area contributed by atoms with E-state index in [2.05, 4.69) is 15.4 Å². The van der Waals surface area contributed by atoms with Crippen molar-refractivity contribution < 1.29 is 13.2 Å². The van der Waals surface area contributed by atoms with Crippen molar-refractivity contribution in [3.05, 3.63) is 11.8 Å². The van der Waals surface area contributed by atoms with Gasteiger partial charge < -0.3 is 4.90 Å². The Hall–Kier alpha value is -1.57. The van der Waals surface area contributed by atoms with Crippen molar-refractivity contribution in [3.63, 3.8) is 0 Å². The number of hydrogen-bond acceptors (Lipinski definition) is 5. The molecular formula is C13H18F3N5. The largest absolute Gasteiger partial charge is 0.433 e. The maximum absolute atomic E-state index is 12.9. The predicted molar refractivity (Wildman–Crippen MR) is 72.5 cm³/mol. The van der Waals surface area contributed by atoms with Gasteiger partial charge in [0.05, 0.1) is 0 Å². The number of rotatable bonds is 6. The highest BCUT2D eigenvalue weighted by atomic mass is 19.4. The molecule has 8 heteroatoms. The maximum Gasteiger partial charge on any atom is 0.433 e. The quantitative estimate of drug-likeness (QED) is 0.624. The number of anilines is 2. The molecule has 0 radical (unpaired) electrons. The zero-order valence-corrected chi connectivity index (χ0v) is 11.5. The topological polar surface area (TPSA) is 67.1 Å². The number of alkyl halides is 3. The van der Waals surface area contributed by atoms with Crippen LogP contribution in [0.25, 0.3) is 0 Å². The third kappa shape index (κ3) is 3.75. The van der Waals surface area contributed by atoms with Crippen LogP contribution in [0.5, 0.6) is 0 Å². The van der Waals surface area contributed by atoms with Gasteiger partial charge in [-0.05, 0) is 37.5 Å². The summed E-state index contributed by atoms with van der Waals surface area (Å²) in [5.41, 5.74) is 1.16. The average molecular weight is 301 g/mol. The van der Waals surface area contributed by atoms with Crippen LogP contribution in [-0.4, -0.2) is 23.1 Å². The Morgan fingerprint density at radius 2 is 1.71 bits per heavy atom. The lowest BCUT2D eigenvalue weighted by atomic mass is 10.3. The van der Waals surface area contributed by atoms with Crippen molar-refractivity contribution >= 4 is 11.8 Å². The minimum atomic E-state index is -4.51. The number of aromatic nitrogens is 2. The summed E-state index contributed by atoms with van der Waals surface area (Å²) in [7, 11) is 0. The van der Waals surface area contributed by atoms with Crippen LogP contribution < -0.4 is 16.2 Å². The number of nitrogen functional groups attached to an aromatic ring is 1. The van der Waals surface area contributed by atoms with Crippen molar-refractivity contribution in [1.29, 1.82) is 0 Å². The monoisotopic (exact) mass is 301 g/mol. The van der Waals surface area contributed by atoms with Crippen molar-refractivity contribution in [1.82, 2.24) is 9.97 Å². The van der Waals surface area contributed by atoms with Gasteiger partial charge in [0, 0.05) is 19.2 Å². The first-order valence-electron chi connectivity index (χ1n) is 7.13. The van der Waals surface area contributed by atoms with Gasteiger partial charge in [-0.1, -0.05) is 0 Å². The van der Waals surface area contributed by atoms with Crippen LogP contribution in [0.15, 0.2) is 6.07 Å². The van der Waals surface area contributed by atoms with Gasteiger partial charge in [0.2, 0.25) is 5.95 Å². The first-order valence-corrected chi connectivity index (χ1v) is 7.13. The minimum Gasteiger partial charge on any atom is -0.356 e. The number of nitrogens with one attached hydrogen (secondary N) is 1. The molecule has 116 valence electrons. The molecule has 3 N–H and O–H groups in total. The van der Waals surface area contributed by atoms with E-state index in [-0.39, 0.29) is 5.95 Å². The van der Waals surface area contributed by atoms with Gasteiger partial charge in [-0.2, -0.15) is 18.2 Å². The molecule has 5 nitrogen and oxygen atoms in total. The molecule has 2 aliphatic rings. The molecule has 2 fully saturated rings. The number of hydrazine groups is 1. The summed E-state index contributed by atoms with van der Waals surface area (Å²) >= 11 is 0. The summed E-state index contributed by atoms with van der Waals surface area (Å²) < 4.78 is 38.8. The van der Waals surface area contributed by atoms with Crippen LogP contribution in [0.4, 0.5) is 24.9 Å². The molecule has 0 aromatic carbocycles. The van der Waals surface area contributed by atoms with Crippen LogP contribution in [-0.2, 0) is 6.18 Å².